The average molecular weight is 150 g/mol. The van der Waals surface area contributed by atoms with Crippen LogP contribution in [0, 0.1) is 3.14 Å². The Balaban J connectivity index is 3.22. The molecule has 1 nitrogen and oxygen atoms in total. The van der Waals surface area contributed by atoms with Crippen molar-refractivity contribution >= 4 is 34.2 Å². The van der Waals surface area contributed by atoms with Gasteiger partial charge in [-0.15, -0.1) is 0 Å². The summed E-state index contributed by atoms with van der Waals surface area (Å²) in [6.07, 6.45) is 2.06. The van der Waals surface area contributed by atoms with Crippen molar-refractivity contribution < 1.29 is 0 Å². The molecule has 0 radical (unpaired) electrons. The highest BCUT2D eigenvalue weighted by Crippen LogP contribution is 2.00. The fraction of sp³-hybridized carbons (Fsp3) is 0.333. The molecule has 0 saturated carbocycles. The van der Waals surface area contributed by atoms with Gasteiger partial charge in [0.15, 0.2) is 6.26 Å². The van der Waals surface area contributed by atoms with E-state index in [0.29, 0.717) is 0 Å². The summed E-state index contributed by atoms with van der Waals surface area (Å²) in [5.74, 6) is 0. The largest absolute Gasteiger partial charge is 0.352 e. The molecule has 4 heteroatoms. The summed E-state index contributed by atoms with van der Waals surface area (Å²) in [5.41, 5.74) is 1.86. The topological polar surface area (TPSA) is 12.9 Å². The molecule has 1 aromatic heterocycles. The standard InChI is InChI=1S/C3H4NS3/c1-5-3-6-2-4-7-3/h2H,1H3/q+1. The van der Waals surface area contributed by atoms with Gasteiger partial charge in [-0.05, 0) is 0 Å². The van der Waals surface area contributed by atoms with Gasteiger partial charge >= 0.3 is 3.14 Å². The predicted molar refractivity (Wildman–Crippen MR) is 36.5 cm³/mol. The van der Waals surface area contributed by atoms with E-state index in [2.05, 4.69) is 10.6 Å². The Bertz CT molecular complexity index is 169. The smallest absolute Gasteiger partial charge is 0.184 e. The summed E-state index contributed by atoms with van der Waals surface area (Å²) in [6.45, 7) is 0. The molecule has 0 fully saturated rings. The first-order chi connectivity index (χ1) is 3.43. The summed E-state index contributed by atoms with van der Waals surface area (Å²) < 4.78 is 5.25. The Kier molecular flexibility index (Phi) is 1.90. The number of hydrogen-bond donors (Lipinski definition) is 0. The highest BCUT2D eigenvalue weighted by Gasteiger charge is 1.87. The number of nitrogens with zero attached hydrogens (tertiary/aromatic N) is 1. The lowest BCUT2D eigenvalue weighted by molar-refractivity contribution is 1.64. The third kappa shape index (κ3) is 1.29. The van der Waals surface area contributed by atoms with Gasteiger partial charge < -0.3 is 0 Å². The van der Waals surface area contributed by atoms with Gasteiger partial charge in [-0.25, -0.2) is 0 Å². The minimum absolute atomic E-state index is 1.32. The molecule has 0 aliphatic heterocycles. The van der Waals surface area contributed by atoms with Crippen LogP contribution in [0.25, 0.3) is 0 Å². The van der Waals surface area contributed by atoms with Crippen LogP contribution < -0.4 is 0 Å². The second-order valence-corrected chi connectivity index (χ2v) is 4.12. The van der Waals surface area contributed by atoms with Gasteiger partial charge in [0, 0.05) is 11.5 Å². The molecule has 0 atom stereocenters. The Morgan fingerprint density at radius 3 is 3.00 bits per heavy atom. The van der Waals surface area contributed by atoms with Crippen LogP contribution in [0.2, 0.25) is 0 Å². The molecular formula is C3H4NS3+. The third-order valence-corrected chi connectivity index (χ3v) is 3.74. The Morgan fingerprint density at radius 1 is 1.86 bits per heavy atom. The van der Waals surface area contributed by atoms with Crippen LogP contribution in [-0.4, -0.2) is 10.6 Å². The molecule has 1 aromatic rings. The summed E-state index contributed by atoms with van der Waals surface area (Å²) in [6, 6.07) is 0. The summed E-state index contributed by atoms with van der Waals surface area (Å²) in [4.78, 5) is 0. The van der Waals surface area contributed by atoms with Gasteiger partial charge in [0.05, 0.1) is 5.51 Å². The van der Waals surface area contributed by atoms with Crippen molar-refractivity contribution in [3.05, 3.63) is 8.65 Å². The number of aromatic nitrogens is 1. The third-order valence-electron chi connectivity index (χ3n) is 0.486. The summed E-state index contributed by atoms with van der Waals surface area (Å²) in [7, 11) is 0. The van der Waals surface area contributed by atoms with E-state index in [4.69, 9.17) is 0 Å². The van der Waals surface area contributed by atoms with Crippen molar-refractivity contribution in [1.29, 1.82) is 0 Å². The van der Waals surface area contributed by atoms with Crippen LogP contribution in [0.4, 0.5) is 0 Å². The fourth-order valence-corrected chi connectivity index (χ4v) is 2.12. The highest BCUT2D eigenvalue weighted by molar-refractivity contribution is 7.74. The van der Waals surface area contributed by atoms with Crippen molar-refractivity contribution in [2.75, 3.05) is 6.26 Å². The molecule has 1 rings (SSSR count). The molecule has 0 spiro atoms. The van der Waals surface area contributed by atoms with E-state index in [-0.39, 0.29) is 0 Å². The second-order valence-electron chi connectivity index (χ2n) is 0.874. The molecule has 38 valence electrons. The number of rotatable bonds is 0. The Hall–Kier alpha value is 0.200. The van der Waals surface area contributed by atoms with Crippen LogP contribution in [0.1, 0.15) is 0 Å². The lowest BCUT2D eigenvalue weighted by Gasteiger charge is -1.40. The molecule has 0 N–H and O–H groups in total. The molecule has 0 aliphatic carbocycles. The van der Waals surface area contributed by atoms with Gasteiger partial charge in [0.2, 0.25) is 11.4 Å². The van der Waals surface area contributed by atoms with Crippen LogP contribution >= 0.6 is 22.9 Å². The minimum atomic E-state index is 1.32. The summed E-state index contributed by atoms with van der Waals surface area (Å²) in [5, 5.41) is 0. The van der Waals surface area contributed by atoms with Crippen molar-refractivity contribution in [2.24, 2.45) is 0 Å². The SMILES string of the molecule is C[S+]=c1scns1. The van der Waals surface area contributed by atoms with Crippen molar-refractivity contribution in [2.45, 2.75) is 0 Å². The molecule has 1 heterocycles. The van der Waals surface area contributed by atoms with Gasteiger partial charge in [0.1, 0.15) is 0 Å². The van der Waals surface area contributed by atoms with Crippen LogP contribution in [0.15, 0.2) is 5.51 Å². The molecular weight excluding hydrogens is 146 g/mol. The van der Waals surface area contributed by atoms with E-state index >= 15 is 0 Å². The van der Waals surface area contributed by atoms with Crippen molar-refractivity contribution in [1.82, 2.24) is 4.37 Å². The quantitative estimate of drug-likeness (QED) is 0.403. The van der Waals surface area contributed by atoms with E-state index in [1.807, 2.05) is 5.51 Å². The van der Waals surface area contributed by atoms with Crippen molar-refractivity contribution in [3.63, 3.8) is 0 Å². The molecule has 0 amide bonds. The first kappa shape index (κ1) is 5.34. The van der Waals surface area contributed by atoms with Crippen LogP contribution in [0.3, 0.4) is 0 Å². The number of hydrogen-bond acceptors (Lipinski definition) is 3. The lowest BCUT2D eigenvalue weighted by atomic mass is 11.7. The second kappa shape index (κ2) is 2.49. The maximum Gasteiger partial charge on any atom is 0.352 e. The van der Waals surface area contributed by atoms with Gasteiger partial charge in [-0.3, -0.25) is 0 Å². The first-order valence-electron chi connectivity index (χ1n) is 1.70. The molecule has 0 aromatic carbocycles. The molecule has 0 bridgehead atoms. The normalized spacial score (nSPS) is 12.4. The monoisotopic (exact) mass is 150 g/mol. The van der Waals surface area contributed by atoms with Gasteiger partial charge in [-0.2, -0.15) is 4.37 Å². The molecule has 0 saturated heterocycles. The van der Waals surface area contributed by atoms with E-state index in [0.717, 1.165) is 0 Å². The maximum atomic E-state index is 3.93. The average Bonchev–Trinajstić information content (AvgIpc) is 2.14. The van der Waals surface area contributed by atoms with Gasteiger partial charge in [0.25, 0.3) is 0 Å². The van der Waals surface area contributed by atoms with E-state index in [1.54, 1.807) is 34.2 Å². The zero-order valence-corrected chi connectivity index (χ0v) is 6.20. The highest BCUT2D eigenvalue weighted by atomic mass is 32.2. The maximum absolute atomic E-state index is 3.93. The van der Waals surface area contributed by atoms with Crippen LogP contribution in [0.5, 0.6) is 0 Å². The van der Waals surface area contributed by atoms with Crippen LogP contribution in [-0.2, 0) is 11.4 Å². The first-order valence-corrected chi connectivity index (χ1v) is 4.57. The summed E-state index contributed by atoms with van der Waals surface area (Å²) >= 11 is 5.00. The van der Waals surface area contributed by atoms with Crippen molar-refractivity contribution in [3.8, 4) is 0 Å². The Morgan fingerprint density at radius 2 is 2.71 bits per heavy atom. The fourth-order valence-electron chi connectivity index (χ4n) is 0.236. The molecule has 0 unspecified atom stereocenters. The predicted octanol–water partition coefficient (Wildman–Crippen LogP) is 1.45. The zero-order valence-electron chi connectivity index (χ0n) is 3.75. The van der Waals surface area contributed by atoms with E-state index in [1.165, 1.54) is 3.14 Å². The Labute approximate surface area is 53.8 Å². The zero-order chi connectivity index (χ0) is 5.11. The minimum Gasteiger partial charge on any atom is -0.184 e. The molecule has 0 aliphatic rings. The lowest BCUT2D eigenvalue weighted by Crippen LogP contribution is -1.45. The van der Waals surface area contributed by atoms with Gasteiger partial charge in [-0.1, -0.05) is 11.3 Å². The van der Waals surface area contributed by atoms with E-state index in [9.17, 15) is 0 Å². The van der Waals surface area contributed by atoms with E-state index < -0.39 is 0 Å². The molecule has 7 heavy (non-hydrogen) atoms.